The Morgan fingerprint density at radius 1 is 1.30 bits per heavy atom. The Balaban J connectivity index is 1.62. The monoisotopic (exact) mass is 391 g/mol. The number of rotatable bonds is 8. The molecule has 0 radical (unpaired) electrons. The Morgan fingerprint density at radius 3 is 2.67 bits per heavy atom. The van der Waals surface area contributed by atoms with Gasteiger partial charge in [0.15, 0.2) is 0 Å². The SMILES string of the molecule is CN(C)c1ccc(CN(CC2CCCO2)C(=O)CCN2CCSC2=O)cc1. The second-order valence-electron chi connectivity index (χ2n) is 7.32. The second-order valence-corrected chi connectivity index (χ2v) is 8.37. The molecule has 148 valence electrons. The molecule has 3 rings (SSSR count). The lowest BCUT2D eigenvalue weighted by Gasteiger charge is -2.27. The normalized spacial score (nSPS) is 19.6. The quantitative estimate of drug-likeness (QED) is 0.682. The van der Waals surface area contributed by atoms with Crippen molar-refractivity contribution in [3.8, 4) is 0 Å². The number of ether oxygens (including phenoxy) is 1. The van der Waals surface area contributed by atoms with Gasteiger partial charge in [-0.3, -0.25) is 9.59 Å². The molecule has 6 nitrogen and oxygen atoms in total. The van der Waals surface area contributed by atoms with Crippen molar-refractivity contribution in [1.82, 2.24) is 9.80 Å². The Morgan fingerprint density at radius 2 is 2.07 bits per heavy atom. The molecule has 7 heteroatoms. The van der Waals surface area contributed by atoms with Gasteiger partial charge in [-0.25, -0.2) is 0 Å². The molecule has 0 bridgehead atoms. The summed E-state index contributed by atoms with van der Waals surface area (Å²) in [6.45, 7) is 3.23. The van der Waals surface area contributed by atoms with Crippen molar-refractivity contribution in [3.63, 3.8) is 0 Å². The van der Waals surface area contributed by atoms with E-state index in [4.69, 9.17) is 4.74 Å². The standard InChI is InChI=1S/C20H29N3O3S/c1-21(2)17-7-5-16(6-8-17)14-23(15-18-4-3-12-26-18)19(24)9-10-22-11-13-27-20(22)25/h5-8,18H,3-4,9-15H2,1-2H3. The highest BCUT2D eigenvalue weighted by Gasteiger charge is 2.25. The van der Waals surface area contributed by atoms with Gasteiger partial charge in [0, 0.05) is 64.7 Å². The predicted octanol–water partition coefficient (Wildman–Crippen LogP) is 2.82. The van der Waals surface area contributed by atoms with E-state index in [0.29, 0.717) is 26.1 Å². The van der Waals surface area contributed by atoms with E-state index in [9.17, 15) is 9.59 Å². The summed E-state index contributed by atoms with van der Waals surface area (Å²) in [5.74, 6) is 0.914. The summed E-state index contributed by atoms with van der Waals surface area (Å²) in [4.78, 5) is 30.4. The molecule has 1 aromatic carbocycles. The first-order valence-electron chi connectivity index (χ1n) is 9.60. The van der Waals surface area contributed by atoms with Crippen LogP contribution in [-0.2, 0) is 16.1 Å². The number of carbonyl (C=O) groups is 2. The number of hydrogen-bond acceptors (Lipinski definition) is 5. The summed E-state index contributed by atoms with van der Waals surface area (Å²) in [6, 6.07) is 8.30. The molecule has 0 spiro atoms. The highest BCUT2D eigenvalue weighted by Crippen LogP contribution is 2.20. The second kappa shape index (κ2) is 9.46. The van der Waals surface area contributed by atoms with E-state index in [1.807, 2.05) is 19.0 Å². The van der Waals surface area contributed by atoms with Gasteiger partial charge >= 0.3 is 0 Å². The number of nitrogens with zero attached hydrogens (tertiary/aromatic N) is 3. The van der Waals surface area contributed by atoms with Gasteiger partial charge in [0.25, 0.3) is 5.24 Å². The summed E-state index contributed by atoms with van der Waals surface area (Å²) in [5, 5.41) is 0.0905. The molecular formula is C20H29N3O3S. The van der Waals surface area contributed by atoms with Crippen LogP contribution in [0.3, 0.4) is 0 Å². The van der Waals surface area contributed by atoms with E-state index in [1.54, 1.807) is 4.90 Å². The third-order valence-electron chi connectivity index (χ3n) is 5.07. The van der Waals surface area contributed by atoms with Crippen molar-refractivity contribution < 1.29 is 14.3 Å². The zero-order valence-corrected chi connectivity index (χ0v) is 17.0. The molecule has 27 heavy (non-hydrogen) atoms. The summed E-state index contributed by atoms with van der Waals surface area (Å²) in [7, 11) is 4.03. The maximum absolute atomic E-state index is 12.9. The van der Waals surface area contributed by atoms with Crippen LogP contribution in [0.2, 0.25) is 0 Å². The third kappa shape index (κ3) is 5.62. The van der Waals surface area contributed by atoms with Gasteiger partial charge in [0.1, 0.15) is 0 Å². The van der Waals surface area contributed by atoms with Gasteiger partial charge in [0.2, 0.25) is 5.91 Å². The minimum atomic E-state index is 0.0897. The lowest BCUT2D eigenvalue weighted by Crippen LogP contribution is -2.38. The Hall–Kier alpha value is -1.73. The van der Waals surface area contributed by atoms with Gasteiger partial charge in [-0.2, -0.15) is 0 Å². The van der Waals surface area contributed by atoms with Crippen molar-refractivity contribution in [1.29, 1.82) is 0 Å². The number of benzene rings is 1. The van der Waals surface area contributed by atoms with Crippen LogP contribution in [0.5, 0.6) is 0 Å². The molecule has 1 atom stereocenters. The van der Waals surface area contributed by atoms with Crippen molar-refractivity contribution in [2.24, 2.45) is 0 Å². The summed E-state index contributed by atoms with van der Waals surface area (Å²) < 4.78 is 5.75. The van der Waals surface area contributed by atoms with Crippen LogP contribution in [0, 0.1) is 0 Å². The number of anilines is 1. The molecule has 0 N–H and O–H groups in total. The predicted molar refractivity (Wildman–Crippen MR) is 109 cm³/mol. The molecule has 1 unspecified atom stereocenters. The highest BCUT2D eigenvalue weighted by atomic mass is 32.2. The van der Waals surface area contributed by atoms with E-state index < -0.39 is 0 Å². The van der Waals surface area contributed by atoms with E-state index in [0.717, 1.165) is 43.0 Å². The molecule has 0 saturated carbocycles. The average Bonchev–Trinajstić information content (AvgIpc) is 3.31. The van der Waals surface area contributed by atoms with Gasteiger partial charge < -0.3 is 19.4 Å². The van der Waals surface area contributed by atoms with Crippen LogP contribution in [-0.4, -0.2) is 73.1 Å². The van der Waals surface area contributed by atoms with Crippen molar-refractivity contribution in [2.75, 3.05) is 51.0 Å². The molecule has 0 aromatic heterocycles. The average molecular weight is 392 g/mol. The molecule has 0 aliphatic carbocycles. The molecule has 2 aliphatic rings. The first kappa shape index (κ1) is 20.0. The first-order chi connectivity index (χ1) is 13.0. The number of hydrogen-bond donors (Lipinski definition) is 0. The van der Waals surface area contributed by atoms with Crippen LogP contribution in [0.25, 0.3) is 0 Å². The number of carbonyl (C=O) groups excluding carboxylic acids is 2. The van der Waals surface area contributed by atoms with Crippen LogP contribution in [0.15, 0.2) is 24.3 Å². The number of amides is 2. The van der Waals surface area contributed by atoms with Crippen LogP contribution in [0.4, 0.5) is 10.5 Å². The van der Waals surface area contributed by atoms with Gasteiger partial charge in [-0.15, -0.1) is 0 Å². The van der Waals surface area contributed by atoms with Crippen LogP contribution in [0.1, 0.15) is 24.8 Å². The fraction of sp³-hybridized carbons (Fsp3) is 0.600. The van der Waals surface area contributed by atoms with E-state index in [2.05, 4.69) is 29.2 Å². The molecule has 2 aliphatic heterocycles. The first-order valence-corrected chi connectivity index (χ1v) is 10.6. The summed E-state index contributed by atoms with van der Waals surface area (Å²) in [6.07, 6.45) is 2.56. The maximum atomic E-state index is 12.9. The van der Waals surface area contributed by atoms with E-state index >= 15 is 0 Å². The molecular weight excluding hydrogens is 362 g/mol. The number of thioether (sulfide) groups is 1. The molecule has 1 aromatic rings. The zero-order valence-electron chi connectivity index (χ0n) is 16.2. The van der Waals surface area contributed by atoms with Crippen molar-refractivity contribution in [3.05, 3.63) is 29.8 Å². The lowest BCUT2D eigenvalue weighted by molar-refractivity contribution is -0.133. The van der Waals surface area contributed by atoms with Crippen molar-refractivity contribution >= 4 is 28.6 Å². The molecule has 2 saturated heterocycles. The fourth-order valence-electron chi connectivity index (χ4n) is 3.43. The van der Waals surface area contributed by atoms with Gasteiger partial charge in [-0.1, -0.05) is 23.9 Å². The highest BCUT2D eigenvalue weighted by molar-refractivity contribution is 8.13. The minimum absolute atomic E-state index is 0.0897. The van der Waals surface area contributed by atoms with Gasteiger partial charge in [0.05, 0.1) is 6.10 Å². The smallest absolute Gasteiger partial charge is 0.281 e. The Labute approximate surface area is 165 Å². The Kier molecular flexibility index (Phi) is 7.01. The molecule has 2 fully saturated rings. The molecule has 2 amide bonds. The topological polar surface area (TPSA) is 53.1 Å². The van der Waals surface area contributed by atoms with E-state index in [1.165, 1.54) is 11.8 Å². The van der Waals surface area contributed by atoms with E-state index in [-0.39, 0.29) is 17.3 Å². The molecule has 2 heterocycles. The van der Waals surface area contributed by atoms with Gasteiger partial charge in [-0.05, 0) is 30.5 Å². The van der Waals surface area contributed by atoms with Crippen LogP contribution < -0.4 is 4.90 Å². The maximum Gasteiger partial charge on any atom is 0.281 e. The Bertz CT molecular complexity index is 644. The third-order valence-corrected chi connectivity index (χ3v) is 5.96. The zero-order chi connectivity index (χ0) is 19.2. The lowest BCUT2D eigenvalue weighted by atomic mass is 10.1. The largest absolute Gasteiger partial charge is 0.378 e. The summed E-state index contributed by atoms with van der Waals surface area (Å²) >= 11 is 1.34. The fourth-order valence-corrected chi connectivity index (χ4v) is 4.28. The van der Waals surface area contributed by atoms with Crippen molar-refractivity contribution in [2.45, 2.75) is 31.9 Å². The minimum Gasteiger partial charge on any atom is -0.378 e. The van der Waals surface area contributed by atoms with Crippen LogP contribution >= 0.6 is 11.8 Å². The summed E-state index contributed by atoms with van der Waals surface area (Å²) in [5.41, 5.74) is 2.25.